The molecule has 2 aliphatic rings. The van der Waals surface area contributed by atoms with Gasteiger partial charge in [0.2, 0.25) is 6.23 Å². The van der Waals surface area contributed by atoms with Crippen molar-refractivity contribution in [3.05, 3.63) is 98.4 Å². The van der Waals surface area contributed by atoms with Gasteiger partial charge in [0.05, 0.1) is 11.8 Å². The van der Waals surface area contributed by atoms with Crippen LogP contribution in [0.4, 0.5) is 0 Å². The van der Waals surface area contributed by atoms with E-state index in [-0.39, 0.29) is 12.3 Å². The predicted octanol–water partition coefficient (Wildman–Crippen LogP) is 6.45. The zero-order chi connectivity index (χ0) is 18.4. The van der Waals surface area contributed by atoms with Gasteiger partial charge in [0, 0.05) is 26.5 Å². The van der Waals surface area contributed by atoms with Crippen LogP contribution >= 0.6 is 31.9 Å². The quantitative estimate of drug-likeness (QED) is 0.418. The number of hydrazone groups is 1. The van der Waals surface area contributed by atoms with Crippen molar-refractivity contribution in [3.63, 3.8) is 0 Å². The summed E-state index contributed by atoms with van der Waals surface area (Å²) < 4.78 is 8.50. The second-order valence-electron chi connectivity index (χ2n) is 6.71. The molecule has 5 heteroatoms. The Hall–Kier alpha value is -2.11. The third-order valence-electron chi connectivity index (χ3n) is 5.03. The number of benzene rings is 3. The highest BCUT2D eigenvalue weighted by Crippen LogP contribution is 2.47. The largest absolute Gasteiger partial charge is 0.464 e. The number of hydrogen-bond acceptors (Lipinski definition) is 3. The lowest BCUT2D eigenvalue weighted by molar-refractivity contribution is -0.0190. The summed E-state index contributed by atoms with van der Waals surface area (Å²) in [7, 11) is 0. The fourth-order valence-corrected chi connectivity index (χ4v) is 4.23. The molecule has 0 saturated heterocycles. The normalized spacial score (nSPS) is 20.5. The molecule has 0 spiro atoms. The smallest absolute Gasteiger partial charge is 0.213 e. The first kappa shape index (κ1) is 17.0. The molecule has 3 aromatic rings. The third-order valence-corrected chi connectivity index (χ3v) is 6.09. The zero-order valence-electron chi connectivity index (χ0n) is 14.3. The van der Waals surface area contributed by atoms with E-state index in [2.05, 4.69) is 91.5 Å². The maximum atomic E-state index is 6.37. The fraction of sp³-hybridized carbons (Fsp3) is 0.136. The lowest BCUT2D eigenvalue weighted by Crippen LogP contribution is -2.33. The highest BCUT2D eigenvalue weighted by Gasteiger charge is 2.40. The number of ether oxygens (including phenoxy) is 1. The van der Waals surface area contributed by atoms with Gasteiger partial charge in [-0.1, -0.05) is 74.3 Å². The van der Waals surface area contributed by atoms with Crippen molar-refractivity contribution >= 4 is 37.6 Å². The van der Waals surface area contributed by atoms with E-state index in [1.54, 1.807) is 0 Å². The van der Waals surface area contributed by atoms with Gasteiger partial charge in [-0.05, 0) is 35.9 Å². The third kappa shape index (κ3) is 3.09. The van der Waals surface area contributed by atoms with Gasteiger partial charge in [0.15, 0.2) is 0 Å². The first-order valence-electron chi connectivity index (χ1n) is 8.82. The summed E-state index contributed by atoms with van der Waals surface area (Å²) in [6, 6.07) is 25.1. The van der Waals surface area contributed by atoms with Crippen molar-refractivity contribution < 1.29 is 4.74 Å². The first-order valence-corrected chi connectivity index (χ1v) is 10.4. The van der Waals surface area contributed by atoms with Crippen LogP contribution in [0.3, 0.4) is 0 Å². The van der Waals surface area contributed by atoms with Crippen LogP contribution in [-0.4, -0.2) is 10.7 Å². The Morgan fingerprint density at radius 1 is 0.852 bits per heavy atom. The summed E-state index contributed by atoms with van der Waals surface area (Å²) in [6.07, 6.45) is 0.639. The fourth-order valence-electron chi connectivity index (χ4n) is 3.70. The average Bonchev–Trinajstić information content (AvgIpc) is 3.14. The summed E-state index contributed by atoms with van der Waals surface area (Å²) in [5.74, 6) is 0.943. The Morgan fingerprint density at radius 2 is 1.52 bits per heavy atom. The minimum atomic E-state index is -0.231. The Labute approximate surface area is 174 Å². The number of halogens is 2. The molecular weight excluding hydrogens is 468 g/mol. The van der Waals surface area contributed by atoms with Gasteiger partial charge in [-0.15, -0.1) is 0 Å². The van der Waals surface area contributed by atoms with Crippen molar-refractivity contribution in [3.8, 4) is 5.75 Å². The van der Waals surface area contributed by atoms with Gasteiger partial charge in [0.1, 0.15) is 5.75 Å². The van der Waals surface area contributed by atoms with E-state index < -0.39 is 0 Å². The molecule has 2 aliphatic heterocycles. The molecule has 3 aromatic carbocycles. The standard InChI is InChI=1S/C22H16Br2N2O/c23-16-9-5-14(6-10-16)19-13-20-18-3-1-2-4-21(18)27-22(26(20)25-19)15-7-11-17(24)12-8-15/h1-12,20,22H,13H2/t20-,22-/m1/s1. The van der Waals surface area contributed by atoms with Crippen LogP contribution in [-0.2, 0) is 0 Å². The minimum absolute atomic E-state index is 0.183. The summed E-state index contributed by atoms with van der Waals surface area (Å²) in [6.45, 7) is 0. The molecule has 2 heterocycles. The van der Waals surface area contributed by atoms with E-state index in [9.17, 15) is 0 Å². The molecule has 134 valence electrons. The van der Waals surface area contributed by atoms with Crippen LogP contribution < -0.4 is 4.74 Å². The summed E-state index contributed by atoms with van der Waals surface area (Å²) in [5, 5.41) is 7.10. The summed E-state index contributed by atoms with van der Waals surface area (Å²) in [4.78, 5) is 0. The van der Waals surface area contributed by atoms with Crippen LogP contribution in [0.2, 0.25) is 0 Å². The molecule has 0 bridgehead atoms. The van der Waals surface area contributed by atoms with Gasteiger partial charge in [-0.3, -0.25) is 0 Å². The van der Waals surface area contributed by atoms with Crippen LogP contribution in [0.25, 0.3) is 0 Å². The second-order valence-corrected chi connectivity index (χ2v) is 8.54. The Morgan fingerprint density at radius 3 is 2.26 bits per heavy atom. The molecular formula is C22H16Br2N2O. The number of hydrogen-bond donors (Lipinski definition) is 0. The highest BCUT2D eigenvalue weighted by molar-refractivity contribution is 9.10. The summed E-state index contributed by atoms with van der Waals surface area (Å²) in [5.41, 5.74) is 4.54. The van der Waals surface area contributed by atoms with E-state index in [4.69, 9.17) is 9.84 Å². The number of nitrogens with zero attached hydrogens (tertiary/aromatic N) is 2. The lowest BCUT2D eigenvalue weighted by atomic mass is 9.96. The summed E-state index contributed by atoms with van der Waals surface area (Å²) >= 11 is 7.02. The molecule has 0 radical (unpaired) electrons. The van der Waals surface area contributed by atoms with E-state index in [0.29, 0.717) is 0 Å². The van der Waals surface area contributed by atoms with E-state index in [0.717, 1.165) is 38.0 Å². The van der Waals surface area contributed by atoms with Gasteiger partial charge in [-0.25, -0.2) is 5.01 Å². The van der Waals surface area contributed by atoms with Gasteiger partial charge < -0.3 is 4.74 Å². The van der Waals surface area contributed by atoms with Gasteiger partial charge >= 0.3 is 0 Å². The number of rotatable bonds is 2. The molecule has 0 fully saturated rings. The topological polar surface area (TPSA) is 24.8 Å². The first-order chi connectivity index (χ1) is 13.2. The van der Waals surface area contributed by atoms with Crippen LogP contribution in [0.1, 0.15) is 35.4 Å². The van der Waals surface area contributed by atoms with Crippen molar-refractivity contribution in [2.75, 3.05) is 0 Å². The lowest BCUT2D eigenvalue weighted by Gasteiger charge is -2.38. The molecule has 0 N–H and O–H groups in total. The van der Waals surface area contributed by atoms with Crippen molar-refractivity contribution in [2.24, 2.45) is 5.10 Å². The maximum absolute atomic E-state index is 6.37. The monoisotopic (exact) mass is 482 g/mol. The zero-order valence-corrected chi connectivity index (χ0v) is 17.5. The van der Waals surface area contributed by atoms with Crippen molar-refractivity contribution in [2.45, 2.75) is 18.7 Å². The van der Waals surface area contributed by atoms with Crippen LogP contribution in [0.15, 0.2) is 86.8 Å². The Kier molecular flexibility index (Phi) is 4.29. The van der Waals surface area contributed by atoms with Crippen LogP contribution in [0, 0.1) is 0 Å². The molecule has 0 saturated carbocycles. The molecule has 3 nitrogen and oxygen atoms in total. The molecule has 27 heavy (non-hydrogen) atoms. The number of para-hydroxylation sites is 1. The maximum Gasteiger partial charge on any atom is 0.213 e. The molecule has 0 amide bonds. The van der Waals surface area contributed by atoms with Gasteiger partial charge in [-0.2, -0.15) is 5.10 Å². The average molecular weight is 484 g/mol. The Bertz CT molecular complexity index is 1020. The molecule has 2 atom stereocenters. The van der Waals surface area contributed by atoms with E-state index >= 15 is 0 Å². The SMILES string of the molecule is Brc1ccc(C2=NN3[C@H](C2)c2ccccc2O[C@@H]3c2ccc(Br)cc2)cc1. The molecule has 0 aromatic heterocycles. The predicted molar refractivity (Wildman–Crippen MR) is 114 cm³/mol. The second kappa shape index (κ2) is 6.80. The van der Waals surface area contributed by atoms with Crippen molar-refractivity contribution in [1.29, 1.82) is 0 Å². The number of fused-ring (bicyclic) bond motifs is 3. The molecule has 0 unspecified atom stereocenters. The van der Waals surface area contributed by atoms with Crippen molar-refractivity contribution in [1.82, 2.24) is 5.01 Å². The molecule has 0 aliphatic carbocycles. The minimum Gasteiger partial charge on any atom is -0.464 e. The van der Waals surface area contributed by atoms with Crippen LogP contribution in [0.5, 0.6) is 5.75 Å². The highest BCUT2D eigenvalue weighted by atomic mass is 79.9. The van der Waals surface area contributed by atoms with E-state index in [1.807, 2.05) is 18.2 Å². The van der Waals surface area contributed by atoms with Gasteiger partial charge in [0.25, 0.3) is 0 Å². The Balaban J connectivity index is 1.58. The van der Waals surface area contributed by atoms with E-state index in [1.165, 1.54) is 5.56 Å². The molecule has 5 rings (SSSR count).